The summed E-state index contributed by atoms with van der Waals surface area (Å²) in [7, 11) is 0. The molecule has 2 aromatic carbocycles. The molecule has 0 spiro atoms. The zero-order valence-electron chi connectivity index (χ0n) is 16.0. The van der Waals surface area contributed by atoms with Crippen LogP contribution >= 0.6 is 0 Å². The zero-order chi connectivity index (χ0) is 19.4. The first-order chi connectivity index (χ1) is 12.8. The molecule has 0 aromatic heterocycles. The van der Waals surface area contributed by atoms with Crippen molar-refractivity contribution < 1.29 is 19.1 Å². The van der Waals surface area contributed by atoms with Gasteiger partial charge in [-0.3, -0.25) is 4.79 Å². The number of benzene rings is 2. The van der Waals surface area contributed by atoms with E-state index >= 15 is 0 Å². The van der Waals surface area contributed by atoms with Crippen LogP contribution in [0, 0.1) is 0 Å². The molecule has 3 rings (SSSR count). The van der Waals surface area contributed by atoms with Crippen LogP contribution in [-0.4, -0.2) is 35.5 Å². The molecule has 0 aliphatic carbocycles. The lowest BCUT2D eigenvalue weighted by atomic mass is 10.0. The second-order valence-corrected chi connectivity index (χ2v) is 7.63. The molecular formula is C22H25NO4. The van der Waals surface area contributed by atoms with Crippen molar-refractivity contribution in [3.8, 4) is 5.75 Å². The van der Waals surface area contributed by atoms with Crippen molar-refractivity contribution in [2.75, 3.05) is 13.2 Å². The van der Waals surface area contributed by atoms with Crippen LogP contribution in [-0.2, 0) is 22.5 Å². The summed E-state index contributed by atoms with van der Waals surface area (Å²) < 4.78 is 10.7. The molecule has 5 heteroatoms. The monoisotopic (exact) mass is 367 g/mol. The summed E-state index contributed by atoms with van der Waals surface area (Å²) in [5.74, 6) is 0.0974. The van der Waals surface area contributed by atoms with E-state index in [1.54, 1.807) is 23.1 Å². The van der Waals surface area contributed by atoms with Crippen LogP contribution < -0.4 is 4.74 Å². The molecule has 1 aliphatic heterocycles. The average Bonchev–Trinajstić information content (AvgIpc) is 3.11. The largest absolute Gasteiger partial charge is 0.493 e. The van der Waals surface area contributed by atoms with Gasteiger partial charge in [-0.2, -0.15) is 0 Å². The standard InChI is InChI=1S/C22H25NO4/c1-22(2,3)23(14-16-7-5-4-6-8-16)20(24)15-27-21(25)18-9-10-19-17(13-18)11-12-26-19/h4-10,13H,11-12,14-15H2,1-3H3. The van der Waals surface area contributed by atoms with Crippen molar-refractivity contribution in [2.24, 2.45) is 0 Å². The predicted molar refractivity (Wildman–Crippen MR) is 103 cm³/mol. The number of carbonyl (C=O) groups is 2. The molecule has 1 heterocycles. The van der Waals surface area contributed by atoms with Gasteiger partial charge in [0.15, 0.2) is 6.61 Å². The Bertz CT molecular complexity index is 824. The highest BCUT2D eigenvalue weighted by molar-refractivity contribution is 5.91. The molecule has 0 unspecified atom stereocenters. The first-order valence-electron chi connectivity index (χ1n) is 9.12. The summed E-state index contributed by atoms with van der Waals surface area (Å²) in [5, 5.41) is 0. The lowest BCUT2D eigenvalue weighted by molar-refractivity contribution is -0.140. The molecule has 0 bridgehead atoms. The van der Waals surface area contributed by atoms with Gasteiger partial charge >= 0.3 is 5.97 Å². The first kappa shape index (κ1) is 19.0. The van der Waals surface area contributed by atoms with E-state index in [-0.39, 0.29) is 18.1 Å². The number of amides is 1. The quantitative estimate of drug-likeness (QED) is 0.758. The minimum Gasteiger partial charge on any atom is -0.493 e. The Morgan fingerprint density at radius 1 is 1.11 bits per heavy atom. The summed E-state index contributed by atoms with van der Waals surface area (Å²) in [6.07, 6.45) is 0.782. The Balaban J connectivity index is 1.64. The number of rotatable bonds is 5. The van der Waals surface area contributed by atoms with E-state index < -0.39 is 5.97 Å². The molecule has 0 radical (unpaired) electrons. The molecule has 2 aromatic rings. The fourth-order valence-corrected chi connectivity index (χ4v) is 3.07. The van der Waals surface area contributed by atoms with Crippen molar-refractivity contribution in [2.45, 2.75) is 39.3 Å². The Labute approximate surface area is 159 Å². The molecule has 0 saturated heterocycles. The molecule has 142 valence electrons. The van der Waals surface area contributed by atoms with E-state index in [1.807, 2.05) is 51.1 Å². The van der Waals surface area contributed by atoms with Crippen molar-refractivity contribution in [3.05, 3.63) is 65.2 Å². The topological polar surface area (TPSA) is 55.8 Å². The number of ether oxygens (including phenoxy) is 2. The fourth-order valence-electron chi connectivity index (χ4n) is 3.07. The fraction of sp³-hybridized carbons (Fsp3) is 0.364. The molecule has 0 fully saturated rings. The van der Waals surface area contributed by atoms with E-state index in [9.17, 15) is 9.59 Å². The number of hydrogen-bond donors (Lipinski definition) is 0. The number of esters is 1. The van der Waals surface area contributed by atoms with Crippen LogP contribution in [0.4, 0.5) is 0 Å². The Morgan fingerprint density at radius 2 is 1.85 bits per heavy atom. The van der Waals surface area contributed by atoms with Crippen molar-refractivity contribution in [1.82, 2.24) is 4.90 Å². The highest BCUT2D eigenvalue weighted by atomic mass is 16.5. The maximum Gasteiger partial charge on any atom is 0.338 e. The van der Waals surface area contributed by atoms with Gasteiger partial charge < -0.3 is 14.4 Å². The van der Waals surface area contributed by atoms with Gasteiger partial charge in [0.1, 0.15) is 5.75 Å². The first-order valence-corrected chi connectivity index (χ1v) is 9.12. The van der Waals surface area contributed by atoms with Gasteiger partial charge in [0.2, 0.25) is 0 Å². The van der Waals surface area contributed by atoms with E-state index in [1.165, 1.54) is 0 Å². The zero-order valence-corrected chi connectivity index (χ0v) is 16.0. The smallest absolute Gasteiger partial charge is 0.338 e. The SMILES string of the molecule is CC(C)(C)N(Cc1ccccc1)C(=O)COC(=O)c1ccc2c(c1)CCO2. The van der Waals surface area contributed by atoms with Gasteiger partial charge in [0, 0.05) is 18.5 Å². The molecule has 0 saturated carbocycles. The Hall–Kier alpha value is -2.82. The van der Waals surface area contributed by atoms with Crippen molar-refractivity contribution in [3.63, 3.8) is 0 Å². The third kappa shape index (κ3) is 4.67. The van der Waals surface area contributed by atoms with Gasteiger partial charge in [-0.15, -0.1) is 0 Å². The average molecular weight is 367 g/mol. The van der Waals surface area contributed by atoms with Crippen LogP contribution in [0.1, 0.15) is 42.3 Å². The summed E-state index contributed by atoms with van der Waals surface area (Å²) >= 11 is 0. The lowest BCUT2D eigenvalue weighted by Crippen LogP contribution is -2.46. The number of carbonyl (C=O) groups excluding carboxylic acids is 2. The van der Waals surface area contributed by atoms with Gasteiger partial charge in [-0.05, 0) is 50.1 Å². The number of hydrogen-bond acceptors (Lipinski definition) is 4. The van der Waals surface area contributed by atoms with E-state index in [0.29, 0.717) is 18.7 Å². The normalized spacial score (nSPS) is 12.9. The van der Waals surface area contributed by atoms with Crippen molar-refractivity contribution in [1.29, 1.82) is 0 Å². The van der Waals surface area contributed by atoms with E-state index in [2.05, 4.69) is 0 Å². The maximum atomic E-state index is 12.7. The van der Waals surface area contributed by atoms with Gasteiger partial charge in [-0.1, -0.05) is 30.3 Å². The van der Waals surface area contributed by atoms with Crippen LogP contribution in [0.2, 0.25) is 0 Å². The molecule has 0 atom stereocenters. The van der Waals surface area contributed by atoms with E-state index in [4.69, 9.17) is 9.47 Å². The summed E-state index contributed by atoms with van der Waals surface area (Å²) in [5.41, 5.74) is 2.09. The van der Waals surface area contributed by atoms with Crippen LogP contribution in [0.15, 0.2) is 48.5 Å². The predicted octanol–water partition coefficient (Wildman–Crippen LogP) is 3.61. The van der Waals surface area contributed by atoms with Crippen LogP contribution in [0.25, 0.3) is 0 Å². The molecule has 5 nitrogen and oxygen atoms in total. The Kier molecular flexibility index (Phi) is 5.49. The van der Waals surface area contributed by atoms with Crippen LogP contribution in [0.5, 0.6) is 5.75 Å². The molecule has 27 heavy (non-hydrogen) atoms. The molecule has 0 N–H and O–H groups in total. The third-order valence-corrected chi connectivity index (χ3v) is 4.55. The maximum absolute atomic E-state index is 12.7. The second-order valence-electron chi connectivity index (χ2n) is 7.63. The second kappa shape index (κ2) is 7.82. The molecular weight excluding hydrogens is 342 g/mol. The number of fused-ring (bicyclic) bond motifs is 1. The number of nitrogens with zero attached hydrogens (tertiary/aromatic N) is 1. The van der Waals surface area contributed by atoms with Gasteiger partial charge in [0.05, 0.1) is 12.2 Å². The highest BCUT2D eigenvalue weighted by Crippen LogP contribution is 2.26. The van der Waals surface area contributed by atoms with Crippen molar-refractivity contribution >= 4 is 11.9 Å². The highest BCUT2D eigenvalue weighted by Gasteiger charge is 2.27. The minimum atomic E-state index is -0.494. The minimum absolute atomic E-state index is 0.218. The van der Waals surface area contributed by atoms with Gasteiger partial charge in [-0.25, -0.2) is 4.79 Å². The van der Waals surface area contributed by atoms with Crippen LogP contribution in [0.3, 0.4) is 0 Å². The van der Waals surface area contributed by atoms with Gasteiger partial charge in [0.25, 0.3) is 5.91 Å². The summed E-state index contributed by atoms with van der Waals surface area (Å²) in [6.45, 7) is 6.72. The molecule has 1 amide bonds. The Morgan fingerprint density at radius 3 is 2.56 bits per heavy atom. The third-order valence-electron chi connectivity index (χ3n) is 4.55. The summed E-state index contributed by atoms with van der Waals surface area (Å²) in [4.78, 5) is 26.8. The van der Waals surface area contributed by atoms with E-state index in [0.717, 1.165) is 23.3 Å². The lowest BCUT2D eigenvalue weighted by Gasteiger charge is -2.35. The molecule has 1 aliphatic rings. The summed E-state index contributed by atoms with van der Waals surface area (Å²) in [6, 6.07) is 15.0.